The molecule has 0 amide bonds. The highest BCUT2D eigenvalue weighted by molar-refractivity contribution is 5.36. The predicted molar refractivity (Wildman–Crippen MR) is 75.9 cm³/mol. The van der Waals surface area contributed by atoms with Crippen molar-refractivity contribution in [2.45, 2.75) is 44.6 Å². The third-order valence-electron chi connectivity index (χ3n) is 4.67. The Balaban J connectivity index is 2.47. The average Bonchev–Trinajstić information content (AvgIpc) is 2.30. The van der Waals surface area contributed by atoms with Crippen molar-refractivity contribution in [3.05, 3.63) is 35.4 Å². The van der Waals surface area contributed by atoms with Gasteiger partial charge >= 0.3 is 0 Å². The number of rotatable bonds is 2. The Hall–Kier alpha value is -0.860. The van der Waals surface area contributed by atoms with Gasteiger partial charge in [0.25, 0.3) is 0 Å². The molecule has 1 heterocycles. The number of hydrogen-bond acceptors (Lipinski definition) is 2. The van der Waals surface area contributed by atoms with E-state index in [0.29, 0.717) is 0 Å². The summed E-state index contributed by atoms with van der Waals surface area (Å²) < 4.78 is 0. The van der Waals surface area contributed by atoms with Crippen molar-refractivity contribution in [1.82, 2.24) is 4.90 Å². The monoisotopic (exact) mass is 247 g/mol. The minimum absolute atomic E-state index is 0.106. The Morgan fingerprint density at radius 1 is 1.17 bits per heavy atom. The molecule has 0 aliphatic carbocycles. The molecule has 2 nitrogen and oxygen atoms in total. The Morgan fingerprint density at radius 2 is 1.72 bits per heavy atom. The molecule has 0 aromatic heterocycles. The SMILES string of the molecule is Cc1ccccc1C1(C(C)(C)O)CCN(C)CC1. The molecule has 0 radical (unpaired) electrons. The van der Waals surface area contributed by atoms with E-state index < -0.39 is 5.60 Å². The van der Waals surface area contributed by atoms with Gasteiger partial charge in [-0.1, -0.05) is 24.3 Å². The lowest BCUT2D eigenvalue weighted by Gasteiger charge is -2.49. The highest BCUT2D eigenvalue weighted by atomic mass is 16.3. The summed E-state index contributed by atoms with van der Waals surface area (Å²) in [6.45, 7) is 8.19. The van der Waals surface area contributed by atoms with Gasteiger partial charge in [-0.05, 0) is 64.9 Å². The minimum atomic E-state index is -0.680. The molecule has 2 rings (SSSR count). The van der Waals surface area contributed by atoms with Gasteiger partial charge in [0.1, 0.15) is 0 Å². The topological polar surface area (TPSA) is 23.5 Å². The summed E-state index contributed by atoms with van der Waals surface area (Å²) in [7, 11) is 2.16. The highest BCUT2D eigenvalue weighted by Gasteiger charge is 2.47. The van der Waals surface area contributed by atoms with Crippen molar-refractivity contribution in [2.24, 2.45) is 0 Å². The maximum absolute atomic E-state index is 10.7. The molecule has 2 heteroatoms. The quantitative estimate of drug-likeness (QED) is 0.868. The second-order valence-electron chi connectivity index (χ2n) is 6.26. The summed E-state index contributed by atoms with van der Waals surface area (Å²) in [5.74, 6) is 0. The Bertz CT molecular complexity index is 411. The average molecular weight is 247 g/mol. The molecule has 1 N–H and O–H groups in total. The smallest absolute Gasteiger partial charge is 0.0689 e. The summed E-state index contributed by atoms with van der Waals surface area (Å²) >= 11 is 0. The van der Waals surface area contributed by atoms with Crippen molar-refractivity contribution in [3.63, 3.8) is 0 Å². The van der Waals surface area contributed by atoms with E-state index in [-0.39, 0.29) is 5.41 Å². The molecule has 1 aromatic carbocycles. The fraction of sp³-hybridized carbons (Fsp3) is 0.625. The van der Waals surface area contributed by atoms with Gasteiger partial charge in [-0.25, -0.2) is 0 Å². The van der Waals surface area contributed by atoms with Gasteiger partial charge in [0, 0.05) is 5.41 Å². The van der Waals surface area contributed by atoms with Crippen molar-refractivity contribution >= 4 is 0 Å². The molecular weight excluding hydrogens is 222 g/mol. The van der Waals surface area contributed by atoms with Crippen molar-refractivity contribution in [2.75, 3.05) is 20.1 Å². The van der Waals surface area contributed by atoms with Gasteiger partial charge in [0.15, 0.2) is 0 Å². The zero-order valence-corrected chi connectivity index (χ0v) is 12.0. The lowest BCUT2D eigenvalue weighted by atomic mass is 9.62. The normalized spacial score (nSPS) is 20.9. The van der Waals surface area contributed by atoms with Crippen LogP contribution in [-0.2, 0) is 5.41 Å². The van der Waals surface area contributed by atoms with E-state index in [2.05, 4.69) is 43.1 Å². The molecule has 1 fully saturated rings. The van der Waals surface area contributed by atoms with E-state index in [1.165, 1.54) is 11.1 Å². The van der Waals surface area contributed by atoms with Crippen LogP contribution in [-0.4, -0.2) is 35.7 Å². The third-order valence-corrected chi connectivity index (χ3v) is 4.67. The van der Waals surface area contributed by atoms with E-state index in [0.717, 1.165) is 25.9 Å². The Kier molecular flexibility index (Phi) is 3.52. The molecule has 0 spiro atoms. The van der Waals surface area contributed by atoms with Crippen LogP contribution in [0, 0.1) is 6.92 Å². The molecule has 1 aliphatic rings. The number of benzene rings is 1. The molecule has 0 bridgehead atoms. The van der Waals surface area contributed by atoms with Gasteiger partial charge in [-0.2, -0.15) is 0 Å². The predicted octanol–water partition coefficient (Wildman–Crippen LogP) is 2.73. The van der Waals surface area contributed by atoms with Crippen molar-refractivity contribution < 1.29 is 5.11 Å². The van der Waals surface area contributed by atoms with Crippen LogP contribution in [0.25, 0.3) is 0 Å². The number of aryl methyl sites for hydroxylation is 1. The van der Waals surface area contributed by atoms with Crippen LogP contribution in [0.1, 0.15) is 37.8 Å². The standard InChI is InChI=1S/C16H25NO/c1-13-7-5-6-8-14(13)16(15(2,3)18)9-11-17(4)12-10-16/h5-8,18H,9-12H2,1-4H3. The van der Waals surface area contributed by atoms with Crippen LogP contribution >= 0.6 is 0 Å². The summed E-state index contributed by atoms with van der Waals surface area (Å²) in [5, 5.41) is 10.7. The molecule has 0 atom stereocenters. The van der Waals surface area contributed by atoms with Crippen molar-refractivity contribution in [1.29, 1.82) is 0 Å². The van der Waals surface area contributed by atoms with Crippen LogP contribution in [0.2, 0.25) is 0 Å². The van der Waals surface area contributed by atoms with Gasteiger partial charge in [0.05, 0.1) is 5.60 Å². The fourth-order valence-corrected chi connectivity index (χ4v) is 3.32. The first-order valence-corrected chi connectivity index (χ1v) is 6.84. The summed E-state index contributed by atoms with van der Waals surface area (Å²) in [5.41, 5.74) is 1.83. The second-order valence-corrected chi connectivity index (χ2v) is 6.26. The van der Waals surface area contributed by atoms with Crippen LogP contribution < -0.4 is 0 Å². The Morgan fingerprint density at radius 3 is 2.22 bits per heavy atom. The van der Waals surface area contributed by atoms with E-state index in [4.69, 9.17) is 0 Å². The minimum Gasteiger partial charge on any atom is -0.390 e. The second kappa shape index (κ2) is 4.67. The third kappa shape index (κ3) is 2.19. The van der Waals surface area contributed by atoms with Gasteiger partial charge in [0.2, 0.25) is 0 Å². The molecule has 0 saturated carbocycles. The Labute approximate surface area is 111 Å². The number of nitrogens with zero attached hydrogens (tertiary/aromatic N) is 1. The zero-order valence-electron chi connectivity index (χ0n) is 12.0. The molecule has 18 heavy (non-hydrogen) atoms. The molecule has 0 unspecified atom stereocenters. The largest absolute Gasteiger partial charge is 0.390 e. The number of hydrogen-bond donors (Lipinski definition) is 1. The first-order chi connectivity index (χ1) is 8.37. The van der Waals surface area contributed by atoms with Gasteiger partial charge in [-0.3, -0.25) is 0 Å². The molecule has 1 saturated heterocycles. The molecular formula is C16H25NO. The van der Waals surface area contributed by atoms with Gasteiger partial charge < -0.3 is 10.0 Å². The number of likely N-dealkylation sites (tertiary alicyclic amines) is 1. The van der Waals surface area contributed by atoms with Gasteiger partial charge in [-0.15, -0.1) is 0 Å². The lowest BCUT2D eigenvalue weighted by molar-refractivity contribution is -0.0364. The van der Waals surface area contributed by atoms with Crippen LogP contribution in [0.4, 0.5) is 0 Å². The van der Waals surface area contributed by atoms with Crippen LogP contribution in [0.5, 0.6) is 0 Å². The summed E-state index contributed by atoms with van der Waals surface area (Å²) in [6, 6.07) is 8.51. The first-order valence-electron chi connectivity index (χ1n) is 6.84. The molecule has 100 valence electrons. The highest BCUT2D eigenvalue weighted by Crippen LogP contribution is 2.45. The summed E-state index contributed by atoms with van der Waals surface area (Å²) in [4.78, 5) is 2.35. The summed E-state index contributed by atoms with van der Waals surface area (Å²) in [6.07, 6.45) is 2.05. The molecule has 1 aromatic rings. The fourth-order valence-electron chi connectivity index (χ4n) is 3.32. The zero-order chi connectivity index (χ0) is 13.4. The molecule has 1 aliphatic heterocycles. The maximum atomic E-state index is 10.7. The maximum Gasteiger partial charge on any atom is 0.0689 e. The van der Waals surface area contributed by atoms with E-state index in [1.807, 2.05) is 13.8 Å². The lowest BCUT2D eigenvalue weighted by Crippen LogP contribution is -2.53. The number of piperidine rings is 1. The van der Waals surface area contributed by atoms with E-state index in [9.17, 15) is 5.11 Å². The van der Waals surface area contributed by atoms with Crippen LogP contribution in [0.3, 0.4) is 0 Å². The van der Waals surface area contributed by atoms with E-state index >= 15 is 0 Å². The van der Waals surface area contributed by atoms with Crippen molar-refractivity contribution in [3.8, 4) is 0 Å². The number of aliphatic hydroxyl groups is 1. The van der Waals surface area contributed by atoms with E-state index in [1.54, 1.807) is 0 Å². The van der Waals surface area contributed by atoms with Crippen LogP contribution in [0.15, 0.2) is 24.3 Å². The first kappa shape index (κ1) is 13.6.